The molecule has 19 heavy (non-hydrogen) atoms. The van der Waals surface area contributed by atoms with Crippen LogP contribution in [-0.2, 0) is 4.74 Å². The first-order valence-electron chi connectivity index (χ1n) is 7.12. The van der Waals surface area contributed by atoms with Gasteiger partial charge in [-0.15, -0.1) is 0 Å². The molecule has 0 amide bonds. The zero-order valence-electron chi connectivity index (χ0n) is 11.6. The zero-order valence-corrected chi connectivity index (χ0v) is 11.6. The van der Waals surface area contributed by atoms with Crippen LogP contribution in [0.1, 0.15) is 26.7 Å². The molecule has 2 unspecified atom stereocenters. The van der Waals surface area contributed by atoms with Gasteiger partial charge in [0.15, 0.2) is 0 Å². The zero-order chi connectivity index (χ0) is 13.2. The van der Waals surface area contributed by atoms with E-state index in [1.807, 2.05) is 0 Å². The quantitative estimate of drug-likeness (QED) is 0.868. The van der Waals surface area contributed by atoms with Crippen molar-refractivity contribution in [1.82, 2.24) is 0 Å². The monoisotopic (exact) mass is 255 g/mol. The molecule has 0 aromatic heterocycles. The maximum absolute atomic E-state index is 5.80. The summed E-state index contributed by atoms with van der Waals surface area (Å²) in [5.74, 6) is 0. The van der Waals surface area contributed by atoms with Crippen molar-refractivity contribution in [3.63, 3.8) is 0 Å². The van der Waals surface area contributed by atoms with Gasteiger partial charge in [-0.2, -0.15) is 0 Å². The molecule has 2 nitrogen and oxygen atoms in total. The molecule has 0 bridgehead atoms. The van der Waals surface area contributed by atoms with Crippen molar-refractivity contribution >= 4 is 16.5 Å². The largest absolute Gasteiger partial charge is 0.382 e. The number of rotatable bonds is 2. The third-order valence-electron chi connectivity index (χ3n) is 3.85. The first kappa shape index (κ1) is 12.5. The first-order valence-corrected chi connectivity index (χ1v) is 7.12. The van der Waals surface area contributed by atoms with Gasteiger partial charge < -0.3 is 10.1 Å². The molecule has 1 aliphatic heterocycles. The number of fused-ring (bicyclic) bond motifs is 1. The molecule has 0 saturated carbocycles. The lowest BCUT2D eigenvalue weighted by Crippen LogP contribution is -2.36. The van der Waals surface area contributed by atoms with E-state index in [1.165, 1.54) is 16.5 Å². The van der Waals surface area contributed by atoms with E-state index in [9.17, 15) is 0 Å². The van der Waals surface area contributed by atoms with E-state index in [0.717, 1.165) is 12.8 Å². The summed E-state index contributed by atoms with van der Waals surface area (Å²) < 4.78 is 5.80. The Morgan fingerprint density at radius 2 is 1.63 bits per heavy atom. The molecular formula is C17H21NO. The Bertz CT molecular complexity index is 551. The summed E-state index contributed by atoms with van der Waals surface area (Å²) in [6.07, 6.45) is 2.84. The summed E-state index contributed by atoms with van der Waals surface area (Å²) in [6.45, 7) is 4.32. The van der Waals surface area contributed by atoms with Crippen LogP contribution in [0.4, 0.5) is 5.69 Å². The highest BCUT2D eigenvalue weighted by molar-refractivity contribution is 5.93. The maximum Gasteiger partial charge on any atom is 0.0570 e. The number of nitrogens with one attached hydrogen (secondary N) is 1. The van der Waals surface area contributed by atoms with Crippen LogP contribution in [-0.4, -0.2) is 18.2 Å². The van der Waals surface area contributed by atoms with E-state index in [0.29, 0.717) is 18.2 Å². The van der Waals surface area contributed by atoms with Gasteiger partial charge in [-0.3, -0.25) is 0 Å². The minimum absolute atomic E-state index is 0.344. The van der Waals surface area contributed by atoms with Gasteiger partial charge >= 0.3 is 0 Å². The predicted molar refractivity (Wildman–Crippen MR) is 80.6 cm³/mol. The summed E-state index contributed by atoms with van der Waals surface area (Å²) in [4.78, 5) is 0. The third kappa shape index (κ3) is 2.74. The molecule has 1 N–H and O–H groups in total. The van der Waals surface area contributed by atoms with Gasteiger partial charge in [-0.1, -0.05) is 36.4 Å². The average Bonchev–Trinajstić information content (AvgIpc) is 2.38. The lowest BCUT2D eigenvalue weighted by molar-refractivity contribution is -0.0337. The average molecular weight is 255 g/mol. The third-order valence-corrected chi connectivity index (χ3v) is 3.85. The van der Waals surface area contributed by atoms with Crippen LogP contribution in [0.5, 0.6) is 0 Å². The highest BCUT2D eigenvalue weighted by Gasteiger charge is 2.24. The van der Waals surface area contributed by atoms with Crippen molar-refractivity contribution in [3.8, 4) is 0 Å². The molecule has 1 aliphatic rings. The van der Waals surface area contributed by atoms with E-state index < -0.39 is 0 Å². The van der Waals surface area contributed by atoms with Gasteiger partial charge in [0.2, 0.25) is 0 Å². The fourth-order valence-corrected chi connectivity index (χ4v) is 3.09. The summed E-state index contributed by atoms with van der Waals surface area (Å²) >= 11 is 0. The van der Waals surface area contributed by atoms with Crippen LogP contribution in [0.2, 0.25) is 0 Å². The van der Waals surface area contributed by atoms with Crippen molar-refractivity contribution in [1.29, 1.82) is 0 Å². The van der Waals surface area contributed by atoms with E-state index >= 15 is 0 Å². The van der Waals surface area contributed by atoms with Gasteiger partial charge in [0.1, 0.15) is 0 Å². The summed E-state index contributed by atoms with van der Waals surface area (Å²) in [5.41, 5.74) is 1.24. The van der Waals surface area contributed by atoms with Crippen molar-refractivity contribution in [3.05, 3.63) is 42.5 Å². The smallest absolute Gasteiger partial charge is 0.0570 e. The van der Waals surface area contributed by atoms with Gasteiger partial charge in [-0.25, -0.2) is 0 Å². The van der Waals surface area contributed by atoms with E-state index in [2.05, 4.69) is 61.6 Å². The maximum atomic E-state index is 5.80. The highest BCUT2D eigenvalue weighted by atomic mass is 16.5. The number of anilines is 1. The molecule has 2 aromatic rings. The fourth-order valence-electron chi connectivity index (χ4n) is 3.09. The van der Waals surface area contributed by atoms with Gasteiger partial charge in [0, 0.05) is 17.1 Å². The Kier molecular flexibility index (Phi) is 3.43. The number of ether oxygens (including phenoxy) is 1. The van der Waals surface area contributed by atoms with Crippen LogP contribution in [0.15, 0.2) is 42.5 Å². The normalized spacial score (nSPS) is 27.4. The van der Waals surface area contributed by atoms with Crippen LogP contribution < -0.4 is 5.32 Å². The molecule has 0 spiro atoms. The van der Waals surface area contributed by atoms with Crippen LogP contribution in [0.25, 0.3) is 10.8 Å². The summed E-state index contributed by atoms with van der Waals surface area (Å²) in [7, 11) is 0. The molecule has 2 aromatic carbocycles. The van der Waals surface area contributed by atoms with Crippen molar-refractivity contribution in [2.45, 2.75) is 44.9 Å². The molecule has 2 atom stereocenters. The Morgan fingerprint density at radius 1 is 0.947 bits per heavy atom. The lowest BCUT2D eigenvalue weighted by atomic mass is 9.99. The minimum atomic E-state index is 0.344. The molecule has 100 valence electrons. The topological polar surface area (TPSA) is 21.3 Å². The van der Waals surface area contributed by atoms with E-state index in [-0.39, 0.29) is 0 Å². The van der Waals surface area contributed by atoms with E-state index in [4.69, 9.17) is 4.74 Å². The number of benzene rings is 2. The fraction of sp³-hybridized carbons (Fsp3) is 0.412. The molecule has 2 heteroatoms. The number of hydrogen-bond acceptors (Lipinski definition) is 2. The van der Waals surface area contributed by atoms with Crippen molar-refractivity contribution < 1.29 is 4.74 Å². The molecule has 0 radical (unpaired) electrons. The molecule has 1 fully saturated rings. The standard InChI is InChI=1S/C17H21NO/c1-12-10-15(11-13(2)19-12)18-17-9-5-7-14-6-3-4-8-16(14)17/h3-9,12-13,15,18H,10-11H2,1-2H3. The SMILES string of the molecule is CC1CC(Nc2cccc3ccccc23)CC(C)O1. The van der Waals surface area contributed by atoms with Crippen molar-refractivity contribution in [2.75, 3.05) is 5.32 Å². The van der Waals surface area contributed by atoms with Gasteiger partial charge in [-0.05, 0) is 38.1 Å². The Labute approximate surface area is 114 Å². The Balaban J connectivity index is 1.85. The summed E-state index contributed by atoms with van der Waals surface area (Å²) in [5, 5.41) is 6.30. The Hall–Kier alpha value is -1.54. The highest BCUT2D eigenvalue weighted by Crippen LogP contribution is 2.27. The van der Waals surface area contributed by atoms with Crippen molar-refractivity contribution in [2.24, 2.45) is 0 Å². The molecular weight excluding hydrogens is 234 g/mol. The lowest BCUT2D eigenvalue weighted by Gasteiger charge is -2.33. The predicted octanol–water partition coefficient (Wildman–Crippen LogP) is 4.21. The Morgan fingerprint density at radius 3 is 2.42 bits per heavy atom. The van der Waals surface area contributed by atoms with Crippen LogP contribution in [0, 0.1) is 0 Å². The second-order valence-electron chi connectivity index (χ2n) is 5.60. The molecule has 0 aliphatic carbocycles. The van der Waals surface area contributed by atoms with Crippen LogP contribution >= 0.6 is 0 Å². The molecule has 3 rings (SSSR count). The molecule has 1 saturated heterocycles. The summed E-state index contributed by atoms with van der Waals surface area (Å²) in [6, 6.07) is 15.5. The van der Waals surface area contributed by atoms with Crippen LogP contribution in [0.3, 0.4) is 0 Å². The van der Waals surface area contributed by atoms with Gasteiger partial charge in [0.25, 0.3) is 0 Å². The first-order chi connectivity index (χ1) is 9.22. The second kappa shape index (κ2) is 5.22. The molecule has 1 heterocycles. The number of hydrogen-bond donors (Lipinski definition) is 1. The van der Waals surface area contributed by atoms with Gasteiger partial charge in [0.05, 0.1) is 12.2 Å². The van der Waals surface area contributed by atoms with E-state index in [1.54, 1.807) is 0 Å². The minimum Gasteiger partial charge on any atom is -0.382 e. The second-order valence-corrected chi connectivity index (χ2v) is 5.60.